The van der Waals surface area contributed by atoms with Crippen LogP contribution in [-0.4, -0.2) is 58.9 Å². The van der Waals surface area contributed by atoms with Gasteiger partial charge >= 0.3 is 21.3 Å². The van der Waals surface area contributed by atoms with Crippen molar-refractivity contribution in [1.29, 1.82) is 0 Å². The second-order valence-corrected chi connectivity index (χ2v) is 10.5. The second kappa shape index (κ2) is 10.5. The molecule has 5 atom stereocenters. The van der Waals surface area contributed by atoms with E-state index in [0.29, 0.717) is 5.02 Å². The summed E-state index contributed by atoms with van der Waals surface area (Å²) in [5.41, 5.74) is -0.707. The Bertz CT molecular complexity index is 1240. The number of halogens is 1. The predicted octanol–water partition coefficient (Wildman–Crippen LogP) is -0.248. The van der Waals surface area contributed by atoms with Gasteiger partial charge in [0.25, 0.3) is 5.56 Å². The minimum absolute atomic E-state index is 0.0236. The Kier molecular flexibility index (Phi) is 8.33. The van der Waals surface area contributed by atoms with Crippen LogP contribution in [0.1, 0.15) is 11.8 Å². The third kappa shape index (κ3) is 6.72. The zero-order valence-electron chi connectivity index (χ0n) is 17.2. The van der Waals surface area contributed by atoms with Gasteiger partial charge in [0.05, 0.1) is 6.61 Å². The number of phosphoric acid groups is 2. The molecular weight excluding hydrogens is 522 g/mol. The van der Waals surface area contributed by atoms with Crippen LogP contribution in [0.2, 0.25) is 5.02 Å². The van der Waals surface area contributed by atoms with Gasteiger partial charge in [-0.1, -0.05) is 23.7 Å². The molecule has 1 saturated heterocycles. The number of benzene rings is 1. The summed E-state index contributed by atoms with van der Waals surface area (Å²) in [6.45, 7) is -0.949. The number of aryl methyl sites for hydroxylation is 1. The van der Waals surface area contributed by atoms with Crippen LogP contribution in [0.3, 0.4) is 0 Å². The van der Waals surface area contributed by atoms with Crippen molar-refractivity contribution in [3.63, 3.8) is 0 Å². The van der Waals surface area contributed by atoms with Crippen molar-refractivity contribution >= 4 is 27.2 Å². The zero-order chi connectivity index (χ0) is 25.3. The molecule has 5 N–H and O–H groups in total. The Hall–Kier alpha value is -1.67. The van der Waals surface area contributed by atoms with Crippen LogP contribution in [0.15, 0.2) is 46.1 Å². The highest BCUT2D eigenvalue weighted by Crippen LogP contribution is 2.57. The summed E-state index contributed by atoms with van der Waals surface area (Å²) in [7, 11) is -10.6. The quantitative estimate of drug-likeness (QED) is 0.260. The summed E-state index contributed by atoms with van der Waals surface area (Å²) in [5.74, 6) is 0. The molecule has 17 heteroatoms. The van der Waals surface area contributed by atoms with E-state index in [9.17, 15) is 33.8 Å². The van der Waals surface area contributed by atoms with E-state index >= 15 is 0 Å². The van der Waals surface area contributed by atoms with E-state index in [1.807, 2.05) is 0 Å². The third-order valence-electron chi connectivity index (χ3n) is 4.83. The Morgan fingerprint density at radius 3 is 2.44 bits per heavy atom. The van der Waals surface area contributed by atoms with Gasteiger partial charge in [0.1, 0.15) is 18.3 Å². The molecule has 1 aromatic heterocycles. The van der Waals surface area contributed by atoms with Gasteiger partial charge in [-0.25, -0.2) is 13.9 Å². The van der Waals surface area contributed by atoms with E-state index in [1.54, 1.807) is 24.3 Å². The van der Waals surface area contributed by atoms with Crippen LogP contribution in [0, 0.1) is 0 Å². The molecule has 2 heterocycles. The van der Waals surface area contributed by atoms with Gasteiger partial charge in [-0.3, -0.25) is 18.5 Å². The fourth-order valence-electron chi connectivity index (χ4n) is 3.29. The lowest BCUT2D eigenvalue weighted by Gasteiger charge is -2.19. The van der Waals surface area contributed by atoms with Crippen LogP contribution in [0.5, 0.6) is 0 Å². The lowest BCUT2D eigenvalue weighted by molar-refractivity contribution is -0.0548. The molecule has 1 aromatic carbocycles. The first-order chi connectivity index (χ1) is 15.8. The van der Waals surface area contributed by atoms with E-state index in [4.69, 9.17) is 26.1 Å². The third-order valence-corrected chi connectivity index (χ3v) is 7.22. The van der Waals surface area contributed by atoms with Crippen molar-refractivity contribution in [2.45, 2.75) is 37.5 Å². The van der Waals surface area contributed by atoms with Crippen LogP contribution in [0.4, 0.5) is 0 Å². The summed E-state index contributed by atoms with van der Waals surface area (Å²) < 4.78 is 37.5. The molecule has 0 bridgehead atoms. The lowest BCUT2D eigenvalue weighted by atomic mass is 10.1. The topological polar surface area (TPSA) is 207 Å². The van der Waals surface area contributed by atoms with Crippen LogP contribution in [0.25, 0.3) is 0 Å². The highest BCUT2D eigenvalue weighted by Gasteiger charge is 2.45. The first-order valence-electron chi connectivity index (χ1n) is 9.60. The number of ether oxygens (including phenoxy) is 1. The van der Waals surface area contributed by atoms with Crippen LogP contribution < -0.4 is 11.2 Å². The summed E-state index contributed by atoms with van der Waals surface area (Å²) in [6.07, 6.45) is -5.09. The zero-order valence-corrected chi connectivity index (χ0v) is 19.7. The maximum atomic E-state index is 12.9. The number of rotatable bonds is 9. The highest BCUT2D eigenvalue weighted by molar-refractivity contribution is 7.60. The van der Waals surface area contributed by atoms with Gasteiger partial charge in [-0.15, -0.1) is 0 Å². The molecular formula is C17H21ClN2O12P2. The fourth-order valence-corrected chi connectivity index (χ4v) is 5.10. The highest BCUT2D eigenvalue weighted by atomic mass is 35.5. The van der Waals surface area contributed by atoms with Crippen molar-refractivity contribution in [1.82, 2.24) is 9.13 Å². The number of aliphatic hydroxyl groups is 2. The molecule has 0 spiro atoms. The predicted molar refractivity (Wildman–Crippen MR) is 115 cm³/mol. The number of nitrogens with zero attached hydrogens (tertiary/aromatic N) is 2. The van der Waals surface area contributed by atoms with Crippen LogP contribution >= 0.6 is 27.2 Å². The molecule has 1 fully saturated rings. The van der Waals surface area contributed by atoms with Crippen molar-refractivity contribution in [2.75, 3.05) is 6.61 Å². The first-order valence-corrected chi connectivity index (χ1v) is 13.0. The second-order valence-electron chi connectivity index (χ2n) is 7.26. The molecule has 34 heavy (non-hydrogen) atoms. The van der Waals surface area contributed by atoms with E-state index in [0.717, 1.165) is 27.0 Å². The van der Waals surface area contributed by atoms with Crippen molar-refractivity contribution in [2.24, 2.45) is 0 Å². The Morgan fingerprint density at radius 1 is 1.09 bits per heavy atom. The number of hydrogen-bond acceptors (Lipinski definition) is 9. The molecule has 1 aliphatic heterocycles. The summed E-state index contributed by atoms with van der Waals surface area (Å²) in [6, 6.07) is 7.88. The minimum atomic E-state index is -5.36. The number of phosphoric ester groups is 1. The molecule has 1 aliphatic rings. The van der Waals surface area contributed by atoms with E-state index in [1.165, 1.54) is 0 Å². The van der Waals surface area contributed by atoms with Gasteiger partial charge < -0.3 is 29.6 Å². The van der Waals surface area contributed by atoms with Crippen molar-refractivity contribution in [3.05, 3.63) is 68.0 Å². The Labute approximate surface area is 196 Å². The molecule has 14 nitrogen and oxygen atoms in total. The molecule has 0 radical (unpaired) electrons. The Morgan fingerprint density at radius 2 is 1.79 bits per heavy atom. The smallest absolute Gasteiger partial charge is 0.387 e. The van der Waals surface area contributed by atoms with Crippen molar-refractivity contribution < 1.29 is 47.6 Å². The number of hydrogen-bond donors (Lipinski definition) is 5. The number of aromatic nitrogens is 2. The maximum absolute atomic E-state index is 12.9. The first kappa shape index (κ1) is 26.9. The molecule has 0 aliphatic carbocycles. The van der Waals surface area contributed by atoms with Crippen molar-refractivity contribution in [3.8, 4) is 0 Å². The van der Waals surface area contributed by atoms with Gasteiger partial charge in [0.2, 0.25) is 0 Å². The number of aliphatic hydroxyl groups excluding tert-OH is 2. The minimum Gasteiger partial charge on any atom is -0.387 e. The largest absolute Gasteiger partial charge is 0.481 e. The lowest BCUT2D eigenvalue weighted by Crippen LogP contribution is -2.43. The standard InChI is InChI=1S/C17H21ClN2O12P2/c18-11-3-1-2-10(8-11)4-6-19-13(21)5-7-20(17(19)24)16-15(23)14(22)12(31-16)9-30-34(28,29)32-33(25,26)27/h1-3,5,7-8,12,14-16,22-23H,4,6,9H2,(H,28,29)(H2,25,26,27)/t12-,14-,15-,16-/m1/s1. The molecule has 0 amide bonds. The average molecular weight is 543 g/mol. The van der Waals surface area contributed by atoms with E-state index < -0.39 is 58.0 Å². The SMILES string of the molecule is O=c1ccn([C@@H]2O[C@H](COP(=O)(O)OP(=O)(O)O)[C@@H](O)[C@H]2O)c(=O)n1CCc1cccc(Cl)c1. The monoisotopic (exact) mass is 542 g/mol. The van der Waals surface area contributed by atoms with Crippen LogP contribution in [-0.2, 0) is 35.7 Å². The normalized spacial score (nSPS) is 24.8. The summed E-state index contributed by atoms with van der Waals surface area (Å²) >= 11 is 5.94. The molecule has 3 rings (SSSR count). The van der Waals surface area contributed by atoms with Gasteiger partial charge in [0, 0.05) is 23.8 Å². The molecule has 2 aromatic rings. The van der Waals surface area contributed by atoms with Gasteiger partial charge in [0.15, 0.2) is 6.23 Å². The fraction of sp³-hybridized carbons (Fsp3) is 0.412. The molecule has 1 unspecified atom stereocenters. The maximum Gasteiger partial charge on any atom is 0.481 e. The summed E-state index contributed by atoms with van der Waals surface area (Å²) in [4.78, 5) is 51.7. The van der Waals surface area contributed by atoms with E-state index in [2.05, 4.69) is 8.83 Å². The van der Waals surface area contributed by atoms with Gasteiger partial charge in [-0.05, 0) is 24.1 Å². The Balaban J connectivity index is 1.76. The average Bonchev–Trinajstić information content (AvgIpc) is 2.99. The summed E-state index contributed by atoms with van der Waals surface area (Å²) in [5, 5.41) is 21.0. The van der Waals surface area contributed by atoms with E-state index in [-0.39, 0.29) is 13.0 Å². The van der Waals surface area contributed by atoms with Gasteiger partial charge in [-0.2, -0.15) is 4.31 Å². The molecule has 188 valence electrons. The molecule has 0 saturated carbocycles.